The molecule has 3 N–H and O–H groups in total. The number of aliphatic hydroxyl groups is 2. The van der Waals surface area contributed by atoms with Crippen molar-refractivity contribution in [1.29, 1.82) is 0 Å². The maximum atomic E-state index is 12.8. The molecule has 1 aliphatic rings. The topological polar surface area (TPSA) is 69.6 Å². The van der Waals surface area contributed by atoms with Gasteiger partial charge in [-0.3, -0.25) is 4.79 Å². The molecule has 22 heavy (non-hydrogen) atoms. The van der Waals surface area contributed by atoms with E-state index in [1.54, 1.807) is 13.0 Å². The van der Waals surface area contributed by atoms with Crippen molar-refractivity contribution in [1.82, 2.24) is 5.32 Å². The highest BCUT2D eigenvalue weighted by atomic mass is 79.9. The van der Waals surface area contributed by atoms with Crippen molar-refractivity contribution < 1.29 is 15.0 Å². The summed E-state index contributed by atoms with van der Waals surface area (Å²) in [6.45, 7) is 3.64. The minimum atomic E-state index is -2.16. The third kappa shape index (κ3) is 3.26. The average Bonchev–Trinajstić information content (AvgIpc) is 2.41. The van der Waals surface area contributed by atoms with Gasteiger partial charge in [-0.25, -0.2) is 0 Å². The molecule has 0 spiro atoms. The lowest BCUT2D eigenvalue weighted by atomic mass is 9.62. The predicted octanol–water partition coefficient (Wildman–Crippen LogP) is 3.01. The van der Waals surface area contributed by atoms with Gasteiger partial charge in [0.15, 0.2) is 0 Å². The molecule has 1 aromatic rings. The molecule has 1 saturated carbocycles. The zero-order valence-corrected chi connectivity index (χ0v) is 14.4. The monoisotopic (exact) mass is 367 g/mol. The second-order valence-electron chi connectivity index (χ2n) is 5.83. The number of rotatable bonds is 5. The Morgan fingerprint density at radius 3 is 2.36 bits per heavy atom. The van der Waals surface area contributed by atoms with E-state index >= 15 is 0 Å². The van der Waals surface area contributed by atoms with Crippen LogP contribution in [0.5, 0.6) is 0 Å². The summed E-state index contributed by atoms with van der Waals surface area (Å²) in [4.78, 5) is 12.8. The highest BCUT2D eigenvalue weighted by molar-refractivity contribution is 9.10. The van der Waals surface area contributed by atoms with Gasteiger partial charge in [0.05, 0.1) is 11.5 Å². The number of amides is 1. The Kier molecular flexibility index (Phi) is 5.10. The maximum absolute atomic E-state index is 12.8. The van der Waals surface area contributed by atoms with E-state index in [4.69, 9.17) is 0 Å². The summed E-state index contributed by atoms with van der Waals surface area (Å²) >= 11 is 2.86. The number of hydrogen-bond acceptors (Lipinski definition) is 3. The summed E-state index contributed by atoms with van der Waals surface area (Å²) in [5.74, 6) is -0.157. The largest absolute Gasteiger partial charge is 0.353 e. The normalized spacial score (nSPS) is 19.2. The van der Waals surface area contributed by atoms with Gasteiger partial charge in [0.1, 0.15) is 0 Å². The van der Waals surface area contributed by atoms with E-state index in [-0.39, 0.29) is 11.9 Å². The van der Waals surface area contributed by atoms with Crippen LogP contribution in [0.2, 0.25) is 0 Å². The van der Waals surface area contributed by atoms with Crippen molar-refractivity contribution in [3.8, 4) is 0 Å². The molecule has 0 heterocycles. The van der Waals surface area contributed by atoms with Crippen LogP contribution in [0.4, 0.5) is 0 Å². The molecule has 4 nitrogen and oxygen atoms in total. The van der Waals surface area contributed by atoms with Gasteiger partial charge in [0, 0.05) is 5.57 Å². The van der Waals surface area contributed by atoms with Gasteiger partial charge in [-0.2, -0.15) is 0 Å². The van der Waals surface area contributed by atoms with Crippen molar-refractivity contribution in [3.05, 3.63) is 47.5 Å². The number of nitrogens with one attached hydrogen (secondary N) is 1. The summed E-state index contributed by atoms with van der Waals surface area (Å²) in [7, 11) is 0. The van der Waals surface area contributed by atoms with E-state index < -0.39 is 10.1 Å². The molecule has 0 aliphatic heterocycles. The fourth-order valence-electron chi connectivity index (χ4n) is 3.07. The van der Waals surface area contributed by atoms with Crippen molar-refractivity contribution in [2.45, 2.75) is 43.8 Å². The van der Waals surface area contributed by atoms with Crippen LogP contribution in [0.3, 0.4) is 0 Å². The third-order valence-electron chi connectivity index (χ3n) is 4.44. The number of carbonyl (C=O) groups is 1. The molecule has 1 aromatic carbocycles. The highest BCUT2D eigenvalue weighted by Gasteiger charge is 2.52. The molecule has 0 saturated heterocycles. The molecular formula is C17H22BrNO3. The summed E-state index contributed by atoms with van der Waals surface area (Å²) < 4.78 is -2.16. The molecule has 5 heteroatoms. The Hall–Kier alpha value is -1.17. The summed E-state index contributed by atoms with van der Waals surface area (Å²) in [6.07, 6.45) is 3.75. The van der Waals surface area contributed by atoms with E-state index in [1.807, 2.05) is 37.3 Å². The number of alkyl halides is 1. The Labute approximate surface area is 139 Å². The fourth-order valence-corrected chi connectivity index (χ4v) is 3.68. The van der Waals surface area contributed by atoms with Gasteiger partial charge in [-0.15, -0.1) is 0 Å². The summed E-state index contributed by atoms with van der Waals surface area (Å²) in [5, 5.41) is 22.8. The minimum Gasteiger partial charge on any atom is -0.353 e. The molecule has 1 atom stereocenters. The Balaban J connectivity index is 2.19. The van der Waals surface area contributed by atoms with Crippen molar-refractivity contribution in [2.75, 3.05) is 0 Å². The Bertz CT molecular complexity index is 559. The Morgan fingerprint density at radius 1 is 1.36 bits per heavy atom. The van der Waals surface area contributed by atoms with Crippen LogP contribution in [0.15, 0.2) is 42.0 Å². The smallest absolute Gasteiger partial charge is 0.245 e. The first-order valence-electron chi connectivity index (χ1n) is 7.48. The fraction of sp³-hybridized carbons (Fsp3) is 0.471. The van der Waals surface area contributed by atoms with Crippen LogP contribution >= 0.6 is 15.9 Å². The molecule has 1 aliphatic carbocycles. The molecule has 1 amide bonds. The van der Waals surface area contributed by atoms with Gasteiger partial charge < -0.3 is 15.5 Å². The SMILES string of the molecule is CC=C(C(O)(O)Br)C1(C(=O)N[C@H](C)c2ccccc2)CCC1. The van der Waals surface area contributed by atoms with Crippen LogP contribution in [0.1, 0.15) is 44.7 Å². The lowest BCUT2D eigenvalue weighted by Gasteiger charge is -2.45. The first-order valence-corrected chi connectivity index (χ1v) is 8.27. The van der Waals surface area contributed by atoms with Gasteiger partial charge in [0.2, 0.25) is 10.6 Å². The zero-order valence-electron chi connectivity index (χ0n) is 12.8. The standard InChI is InChI=1S/C17H22BrNO3/c1-3-14(17(18,21)22)16(10-7-11-16)15(20)19-12(2)13-8-5-4-6-9-13/h3-6,8-9,12,21-22H,7,10-11H2,1-2H3,(H,19,20)/t12-/m1/s1. The molecule has 120 valence electrons. The second-order valence-corrected chi connectivity index (χ2v) is 6.94. The highest BCUT2D eigenvalue weighted by Crippen LogP contribution is 2.51. The van der Waals surface area contributed by atoms with Crippen molar-refractivity contribution >= 4 is 21.8 Å². The van der Waals surface area contributed by atoms with E-state index in [9.17, 15) is 15.0 Å². The molecule has 0 aromatic heterocycles. The lowest BCUT2D eigenvalue weighted by molar-refractivity contribution is -0.138. The van der Waals surface area contributed by atoms with Crippen LogP contribution < -0.4 is 5.32 Å². The number of hydrogen-bond donors (Lipinski definition) is 3. The third-order valence-corrected chi connectivity index (χ3v) is 4.86. The molecule has 2 rings (SSSR count). The summed E-state index contributed by atoms with van der Waals surface area (Å²) in [6, 6.07) is 9.58. The number of halogens is 1. The first kappa shape index (κ1) is 17.2. The average molecular weight is 368 g/mol. The predicted molar refractivity (Wildman–Crippen MR) is 89.1 cm³/mol. The minimum absolute atomic E-state index is 0.133. The molecule has 1 fully saturated rings. The van der Waals surface area contributed by atoms with Crippen molar-refractivity contribution in [3.63, 3.8) is 0 Å². The molecule has 0 bridgehead atoms. The number of allylic oxidation sites excluding steroid dienone is 1. The van der Waals surface area contributed by atoms with Gasteiger partial charge in [-0.05, 0) is 48.2 Å². The lowest BCUT2D eigenvalue weighted by Crippen LogP contribution is -2.51. The van der Waals surface area contributed by atoms with Crippen LogP contribution in [0, 0.1) is 5.41 Å². The van der Waals surface area contributed by atoms with Gasteiger partial charge >= 0.3 is 0 Å². The second kappa shape index (κ2) is 6.52. The van der Waals surface area contributed by atoms with Crippen LogP contribution in [-0.2, 0) is 4.79 Å². The van der Waals surface area contributed by atoms with Gasteiger partial charge in [0.25, 0.3) is 0 Å². The quantitative estimate of drug-likeness (QED) is 0.425. The van der Waals surface area contributed by atoms with E-state index in [1.165, 1.54) is 0 Å². The maximum Gasteiger partial charge on any atom is 0.245 e. The Morgan fingerprint density at radius 2 is 1.95 bits per heavy atom. The number of carbonyl (C=O) groups excluding carboxylic acids is 1. The zero-order chi connectivity index (χ0) is 16.4. The van der Waals surface area contributed by atoms with E-state index in [0.717, 1.165) is 12.0 Å². The van der Waals surface area contributed by atoms with Crippen LogP contribution in [0.25, 0.3) is 0 Å². The van der Waals surface area contributed by atoms with Crippen LogP contribution in [-0.4, -0.2) is 20.8 Å². The molecular weight excluding hydrogens is 346 g/mol. The molecule has 0 unspecified atom stereocenters. The molecule has 0 radical (unpaired) electrons. The summed E-state index contributed by atoms with van der Waals surface area (Å²) in [5.41, 5.74) is 0.486. The number of benzene rings is 1. The van der Waals surface area contributed by atoms with E-state index in [0.29, 0.717) is 18.4 Å². The van der Waals surface area contributed by atoms with Gasteiger partial charge in [-0.1, -0.05) is 42.8 Å². The first-order chi connectivity index (χ1) is 10.3. The van der Waals surface area contributed by atoms with E-state index in [2.05, 4.69) is 21.2 Å². The van der Waals surface area contributed by atoms with Crippen molar-refractivity contribution in [2.24, 2.45) is 5.41 Å².